The highest BCUT2D eigenvalue weighted by Crippen LogP contribution is 2.27. The lowest BCUT2D eigenvalue weighted by molar-refractivity contribution is 0.0925. The van der Waals surface area contributed by atoms with Gasteiger partial charge in [0.1, 0.15) is 5.82 Å². The zero-order valence-corrected chi connectivity index (χ0v) is 12.4. The van der Waals surface area contributed by atoms with Gasteiger partial charge in [0.25, 0.3) is 11.8 Å². The maximum atomic E-state index is 12.3. The molecule has 7 heteroatoms. The van der Waals surface area contributed by atoms with Crippen molar-refractivity contribution in [2.45, 2.75) is 4.90 Å². The number of amides is 2. The minimum Gasteiger partial charge on any atom is -0.268 e. The molecule has 1 aromatic heterocycles. The van der Waals surface area contributed by atoms with Crippen LogP contribution in [0.5, 0.6) is 0 Å². The zero-order chi connectivity index (χ0) is 15.7. The third-order valence-corrected chi connectivity index (χ3v) is 4.54. The first-order valence-corrected chi connectivity index (χ1v) is 7.92. The SMILES string of the molecule is CS(=NC#N)c1ccc(N2C(=O)c3ccccc3C2=O)nc1. The Bertz CT molecular complexity index is 818. The molecule has 0 saturated carbocycles. The molecule has 1 aliphatic rings. The van der Waals surface area contributed by atoms with Crippen molar-refractivity contribution in [2.75, 3.05) is 11.2 Å². The van der Waals surface area contributed by atoms with Crippen molar-refractivity contribution in [3.05, 3.63) is 53.7 Å². The van der Waals surface area contributed by atoms with Crippen LogP contribution in [0.25, 0.3) is 0 Å². The van der Waals surface area contributed by atoms with Crippen LogP contribution in [0.2, 0.25) is 0 Å². The summed E-state index contributed by atoms with van der Waals surface area (Å²) in [7, 11) is -0.588. The van der Waals surface area contributed by atoms with Crippen LogP contribution in [0, 0.1) is 11.5 Å². The fourth-order valence-electron chi connectivity index (χ4n) is 2.19. The van der Waals surface area contributed by atoms with E-state index in [0.717, 1.165) is 9.80 Å². The molecular formula is C15H10N4O2S. The Balaban J connectivity index is 1.97. The van der Waals surface area contributed by atoms with E-state index in [2.05, 4.69) is 9.35 Å². The summed E-state index contributed by atoms with van der Waals surface area (Å²) in [5.41, 5.74) is 0.765. The number of imide groups is 1. The van der Waals surface area contributed by atoms with Crippen molar-refractivity contribution in [2.24, 2.45) is 4.36 Å². The van der Waals surface area contributed by atoms with Crippen LogP contribution in [-0.2, 0) is 10.7 Å². The zero-order valence-electron chi connectivity index (χ0n) is 11.6. The van der Waals surface area contributed by atoms with Crippen LogP contribution in [0.1, 0.15) is 20.7 Å². The highest BCUT2D eigenvalue weighted by molar-refractivity contribution is 7.86. The summed E-state index contributed by atoms with van der Waals surface area (Å²) in [6.45, 7) is 0. The molecule has 0 bridgehead atoms. The Morgan fingerprint density at radius 3 is 2.27 bits per heavy atom. The van der Waals surface area contributed by atoms with Crippen LogP contribution in [0.15, 0.2) is 51.9 Å². The first kappa shape index (κ1) is 14.1. The topological polar surface area (TPSA) is 86.4 Å². The molecule has 108 valence electrons. The second kappa shape index (κ2) is 5.50. The molecule has 3 rings (SSSR count). The summed E-state index contributed by atoms with van der Waals surface area (Å²) >= 11 is 0. The lowest BCUT2D eigenvalue weighted by Gasteiger charge is -2.12. The molecule has 0 spiro atoms. The number of anilines is 1. The van der Waals surface area contributed by atoms with Gasteiger partial charge in [0.2, 0.25) is 6.19 Å². The average molecular weight is 310 g/mol. The van der Waals surface area contributed by atoms with Crippen molar-refractivity contribution in [1.82, 2.24) is 4.98 Å². The van der Waals surface area contributed by atoms with Crippen LogP contribution >= 0.6 is 0 Å². The number of hydrogen-bond donors (Lipinski definition) is 0. The molecular weight excluding hydrogens is 300 g/mol. The summed E-state index contributed by atoms with van der Waals surface area (Å²) in [4.78, 5) is 30.7. The van der Waals surface area contributed by atoms with E-state index in [1.807, 2.05) is 0 Å². The Hall–Kier alpha value is -2.85. The minimum absolute atomic E-state index is 0.268. The number of carbonyl (C=O) groups is 2. The standard InChI is InChI=1S/C15H10N4O2S/c1-22(18-9-16)10-6-7-13(17-8-10)19-14(20)11-4-2-3-5-12(11)15(19)21/h2-8H,1H3. The van der Waals surface area contributed by atoms with Crippen molar-refractivity contribution < 1.29 is 9.59 Å². The molecule has 2 heterocycles. The Kier molecular flexibility index (Phi) is 3.53. The van der Waals surface area contributed by atoms with Crippen LogP contribution in [-0.4, -0.2) is 23.1 Å². The Morgan fingerprint density at radius 2 is 1.77 bits per heavy atom. The van der Waals surface area contributed by atoms with Crippen LogP contribution in [0.3, 0.4) is 0 Å². The minimum atomic E-state index is -0.588. The second-order valence-electron chi connectivity index (χ2n) is 4.51. The van der Waals surface area contributed by atoms with Crippen LogP contribution in [0.4, 0.5) is 5.82 Å². The molecule has 0 saturated heterocycles. The van der Waals surface area contributed by atoms with Gasteiger partial charge in [-0.2, -0.15) is 5.26 Å². The van der Waals surface area contributed by atoms with Crippen molar-refractivity contribution in [3.63, 3.8) is 0 Å². The summed E-state index contributed by atoms with van der Waals surface area (Å²) in [6.07, 6.45) is 5.08. The third-order valence-electron chi connectivity index (χ3n) is 3.26. The number of aromatic nitrogens is 1. The van der Waals surface area contributed by atoms with E-state index in [4.69, 9.17) is 5.26 Å². The van der Waals surface area contributed by atoms with E-state index >= 15 is 0 Å². The van der Waals surface area contributed by atoms with Gasteiger partial charge in [-0.3, -0.25) is 9.59 Å². The molecule has 6 nitrogen and oxygen atoms in total. The molecule has 1 aromatic carbocycles. The number of pyridine rings is 1. The lowest BCUT2D eigenvalue weighted by Crippen LogP contribution is -2.30. The van der Waals surface area contributed by atoms with Crippen molar-refractivity contribution in [1.29, 1.82) is 5.26 Å². The number of fused-ring (bicyclic) bond motifs is 1. The predicted octanol–water partition coefficient (Wildman–Crippen LogP) is 2.15. The summed E-state index contributed by atoms with van der Waals surface area (Å²) in [5, 5.41) is 8.57. The first-order chi connectivity index (χ1) is 10.6. The van der Waals surface area contributed by atoms with Gasteiger partial charge in [0.05, 0.1) is 11.1 Å². The van der Waals surface area contributed by atoms with Gasteiger partial charge in [-0.05, 0) is 30.5 Å². The lowest BCUT2D eigenvalue weighted by atomic mass is 10.1. The molecule has 22 heavy (non-hydrogen) atoms. The molecule has 0 fully saturated rings. The Morgan fingerprint density at radius 1 is 1.14 bits per heavy atom. The van der Waals surface area contributed by atoms with Gasteiger partial charge in [-0.25, -0.2) is 9.88 Å². The molecule has 2 amide bonds. The molecule has 0 N–H and O–H groups in total. The highest BCUT2D eigenvalue weighted by atomic mass is 32.2. The highest BCUT2D eigenvalue weighted by Gasteiger charge is 2.36. The van der Waals surface area contributed by atoms with Gasteiger partial charge < -0.3 is 0 Å². The maximum Gasteiger partial charge on any atom is 0.267 e. The molecule has 0 aliphatic carbocycles. The van der Waals surface area contributed by atoms with Crippen molar-refractivity contribution in [3.8, 4) is 6.19 Å². The summed E-state index contributed by atoms with van der Waals surface area (Å²) in [5.74, 6) is -0.486. The fraction of sp³-hybridized carbons (Fsp3) is 0.0667. The number of nitriles is 1. The Labute approximate surface area is 129 Å². The number of rotatable bonds is 2. The number of carbonyl (C=O) groups excluding carboxylic acids is 2. The van der Waals surface area contributed by atoms with Gasteiger partial charge in [-0.1, -0.05) is 22.8 Å². The second-order valence-corrected chi connectivity index (χ2v) is 6.12. The first-order valence-electron chi connectivity index (χ1n) is 6.33. The smallest absolute Gasteiger partial charge is 0.267 e. The van der Waals surface area contributed by atoms with E-state index in [-0.39, 0.29) is 17.6 Å². The van der Waals surface area contributed by atoms with Gasteiger partial charge in [-0.15, -0.1) is 4.36 Å². The van der Waals surface area contributed by atoms with E-state index in [1.54, 1.807) is 48.8 Å². The largest absolute Gasteiger partial charge is 0.268 e. The fourth-order valence-corrected chi connectivity index (χ4v) is 2.89. The van der Waals surface area contributed by atoms with Gasteiger partial charge in [0, 0.05) is 11.1 Å². The van der Waals surface area contributed by atoms with E-state index in [0.29, 0.717) is 11.1 Å². The molecule has 2 aromatic rings. The van der Waals surface area contributed by atoms with Crippen LogP contribution < -0.4 is 4.90 Å². The normalized spacial score (nSPS) is 14.8. The van der Waals surface area contributed by atoms with E-state index in [1.165, 1.54) is 6.20 Å². The quantitative estimate of drug-likeness (QED) is 0.628. The maximum absolute atomic E-state index is 12.3. The van der Waals surface area contributed by atoms with E-state index in [9.17, 15) is 9.59 Å². The van der Waals surface area contributed by atoms with Crippen molar-refractivity contribution >= 4 is 28.3 Å². The number of nitrogens with zero attached hydrogens (tertiary/aromatic N) is 4. The molecule has 0 radical (unpaired) electrons. The monoisotopic (exact) mass is 310 g/mol. The van der Waals surface area contributed by atoms with Gasteiger partial charge in [0.15, 0.2) is 0 Å². The average Bonchev–Trinajstić information content (AvgIpc) is 2.80. The van der Waals surface area contributed by atoms with E-state index < -0.39 is 10.7 Å². The molecule has 1 atom stereocenters. The van der Waals surface area contributed by atoms with Gasteiger partial charge >= 0.3 is 0 Å². The molecule has 1 aliphatic heterocycles. The third kappa shape index (κ3) is 2.19. The summed E-state index contributed by atoms with van der Waals surface area (Å²) < 4.78 is 3.73. The number of benzene rings is 1. The summed E-state index contributed by atoms with van der Waals surface area (Å²) in [6, 6.07) is 9.99. The number of hydrogen-bond acceptors (Lipinski definition) is 5. The predicted molar refractivity (Wildman–Crippen MR) is 81.4 cm³/mol. The molecule has 1 unspecified atom stereocenters.